The van der Waals surface area contributed by atoms with Gasteiger partial charge < -0.3 is 5.32 Å². The Bertz CT molecular complexity index is 589. The Kier molecular flexibility index (Phi) is 5.41. The minimum absolute atomic E-state index is 0.120. The second kappa shape index (κ2) is 7.28. The third-order valence-corrected chi connectivity index (χ3v) is 4.19. The lowest BCUT2D eigenvalue weighted by Crippen LogP contribution is -2.41. The van der Waals surface area contributed by atoms with Crippen LogP contribution in [0.25, 0.3) is 6.08 Å². The van der Waals surface area contributed by atoms with Crippen LogP contribution >= 0.6 is 11.6 Å². The Morgan fingerprint density at radius 1 is 1.43 bits per heavy atom. The number of halogens is 1. The second-order valence-electron chi connectivity index (χ2n) is 5.57. The highest BCUT2D eigenvalue weighted by atomic mass is 35.5. The molecule has 0 spiro atoms. The fraction of sp³-hybridized carbons (Fsp3) is 0.412. The van der Waals surface area contributed by atoms with Gasteiger partial charge in [0.1, 0.15) is 11.6 Å². The van der Waals surface area contributed by atoms with Crippen LogP contribution in [0.4, 0.5) is 0 Å². The molecule has 1 aromatic rings. The van der Waals surface area contributed by atoms with Crippen LogP contribution in [0.5, 0.6) is 0 Å². The third kappa shape index (κ3) is 4.34. The number of nitriles is 1. The predicted octanol–water partition coefficient (Wildman–Crippen LogP) is 3.94. The molecule has 110 valence electrons. The summed E-state index contributed by atoms with van der Waals surface area (Å²) < 4.78 is 0. The zero-order valence-corrected chi connectivity index (χ0v) is 12.9. The van der Waals surface area contributed by atoms with Gasteiger partial charge in [-0.3, -0.25) is 4.79 Å². The minimum Gasteiger partial charge on any atom is -0.348 e. The molecule has 1 fully saturated rings. The molecule has 0 bridgehead atoms. The third-order valence-electron chi connectivity index (χ3n) is 3.95. The zero-order valence-electron chi connectivity index (χ0n) is 12.1. The molecule has 0 radical (unpaired) electrons. The summed E-state index contributed by atoms with van der Waals surface area (Å²) in [5.41, 5.74) is 0.876. The molecule has 1 aromatic carbocycles. The van der Waals surface area contributed by atoms with Gasteiger partial charge in [0.15, 0.2) is 0 Å². The largest absolute Gasteiger partial charge is 0.348 e. The van der Waals surface area contributed by atoms with Gasteiger partial charge in [0.05, 0.1) is 0 Å². The van der Waals surface area contributed by atoms with Crippen LogP contribution < -0.4 is 5.32 Å². The van der Waals surface area contributed by atoms with Gasteiger partial charge in [0.2, 0.25) is 0 Å². The summed E-state index contributed by atoms with van der Waals surface area (Å²) in [6, 6.07) is 9.25. The second-order valence-corrected chi connectivity index (χ2v) is 6.00. The highest BCUT2D eigenvalue weighted by Gasteiger charge is 2.23. The molecule has 0 aromatic heterocycles. The molecule has 1 N–H and O–H groups in total. The lowest BCUT2D eigenvalue weighted by atomic mass is 9.86. The van der Waals surface area contributed by atoms with E-state index in [1.807, 2.05) is 12.1 Å². The summed E-state index contributed by atoms with van der Waals surface area (Å²) in [5.74, 6) is 0.171. The molecule has 0 unspecified atom stereocenters. The molecule has 4 heteroatoms. The van der Waals surface area contributed by atoms with Gasteiger partial charge in [-0.15, -0.1) is 0 Å². The van der Waals surface area contributed by atoms with Crippen molar-refractivity contribution >= 4 is 23.6 Å². The van der Waals surface area contributed by atoms with Crippen molar-refractivity contribution in [2.24, 2.45) is 5.92 Å². The van der Waals surface area contributed by atoms with E-state index in [9.17, 15) is 10.1 Å². The standard InChI is InChI=1S/C17H19ClN2O/c1-12-5-2-3-8-16(12)20-17(21)14(11-19)9-13-6-4-7-15(18)10-13/h4,6-7,9-10,12,16H,2-3,5,8H2,1H3,(H,20,21)/b14-9+/t12-,16+/m1/s1. The van der Waals surface area contributed by atoms with Gasteiger partial charge in [-0.2, -0.15) is 5.26 Å². The Labute approximate surface area is 130 Å². The molecule has 0 saturated heterocycles. The number of hydrogen-bond donors (Lipinski definition) is 1. The number of carbonyl (C=O) groups excluding carboxylic acids is 1. The highest BCUT2D eigenvalue weighted by molar-refractivity contribution is 6.30. The number of carbonyl (C=O) groups is 1. The monoisotopic (exact) mass is 302 g/mol. The molecule has 1 saturated carbocycles. The summed E-state index contributed by atoms with van der Waals surface area (Å²) >= 11 is 5.91. The summed E-state index contributed by atoms with van der Waals surface area (Å²) in [7, 11) is 0. The fourth-order valence-electron chi connectivity index (χ4n) is 2.69. The van der Waals surface area contributed by atoms with E-state index < -0.39 is 0 Å². The SMILES string of the molecule is C[C@@H]1CCCC[C@@H]1NC(=O)/C(C#N)=C/c1cccc(Cl)c1. The molecule has 3 nitrogen and oxygen atoms in total. The number of rotatable bonds is 3. The lowest BCUT2D eigenvalue weighted by Gasteiger charge is -2.29. The number of nitrogens with one attached hydrogen (secondary N) is 1. The lowest BCUT2D eigenvalue weighted by molar-refractivity contribution is -0.118. The average Bonchev–Trinajstić information content (AvgIpc) is 2.47. The van der Waals surface area contributed by atoms with Crippen LogP contribution in [0.3, 0.4) is 0 Å². The minimum atomic E-state index is -0.295. The van der Waals surface area contributed by atoms with E-state index in [2.05, 4.69) is 12.2 Å². The maximum atomic E-state index is 12.2. The van der Waals surface area contributed by atoms with E-state index in [4.69, 9.17) is 11.6 Å². The van der Waals surface area contributed by atoms with Crippen LogP contribution in [0.15, 0.2) is 29.8 Å². The predicted molar refractivity (Wildman–Crippen MR) is 84.6 cm³/mol. The molecule has 2 atom stereocenters. The Balaban J connectivity index is 2.10. The maximum Gasteiger partial charge on any atom is 0.262 e. The molecule has 21 heavy (non-hydrogen) atoms. The quantitative estimate of drug-likeness (QED) is 0.679. The van der Waals surface area contributed by atoms with E-state index in [1.54, 1.807) is 24.3 Å². The molecular weight excluding hydrogens is 284 g/mol. The Morgan fingerprint density at radius 3 is 2.86 bits per heavy atom. The van der Waals surface area contributed by atoms with Gasteiger partial charge in [-0.05, 0) is 42.5 Å². The molecule has 1 amide bonds. The first-order chi connectivity index (χ1) is 10.1. The number of nitrogens with zero attached hydrogens (tertiary/aromatic N) is 1. The zero-order chi connectivity index (χ0) is 15.2. The molecule has 1 aliphatic carbocycles. The van der Waals surface area contributed by atoms with Gasteiger partial charge in [-0.1, -0.05) is 43.5 Å². The highest BCUT2D eigenvalue weighted by Crippen LogP contribution is 2.24. The van der Waals surface area contributed by atoms with Gasteiger partial charge in [0, 0.05) is 11.1 Å². The van der Waals surface area contributed by atoms with Crippen LogP contribution in [0, 0.1) is 17.2 Å². The molecule has 2 rings (SSSR count). The van der Waals surface area contributed by atoms with Crippen LogP contribution in [-0.2, 0) is 4.79 Å². The van der Waals surface area contributed by atoms with Crippen LogP contribution in [0.2, 0.25) is 5.02 Å². The summed E-state index contributed by atoms with van der Waals surface area (Å²) in [6.45, 7) is 2.15. The summed E-state index contributed by atoms with van der Waals surface area (Å²) in [5, 5.41) is 12.8. The van der Waals surface area contributed by atoms with E-state index in [1.165, 1.54) is 6.42 Å². The number of benzene rings is 1. The smallest absolute Gasteiger partial charge is 0.262 e. The maximum absolute atomic E-state index is 12.2. The van der Waals surface area contributed by atoms with E-state index in [0.29, 0.717) is 10.9 Å². The Morgan fingerprint density at radius 2 is 2.19 bits per heavy atom. The van der Waals surface area contributed by atoms with Gasteiger partial charge in [-0.25, -0.2) is 0 Å². The first-order valence-corrected chi connectivity index (χ1v) is 7.66. The molecule has 1 aliphatic rings. The Hall–Kier alpha value is -1.79. The van der Waals surface area contributed by atoms with Gasteiger partial charge in [0.25, 0.3) is 5.91 Å². The molecule has 0 aliphatic heterocycles. The average molecular weight is 303 g/mol. The van der Waals surface area contributed by atoms with Crippen molar-refractivity contribution < 1.29 is 4.79 Å². The normalized spacial score (nSPS) is 22.4. The van der Waals surface area contributed by atoms with Gasteiger partial charge >= 0.3 is 0 Å². The van der Waals surface area contributed by atoms with Crippen molar-refractivity contribution in [2.45, 2.75) is 38.6 Å². The fourth-order valence-corrected chi connectivity index (χ4v) is 2.89. The van der Waals surface area contributed by atoms with Crippen molar-refractivity contribution in [3.05, 3.63) is 40.4 Å². The first kappa shape index (κ1) is 15.6. The van der Waals surface area contributed by atoms with E-state index >= 15 is 0 Å². The summed E-state index contributed by atoms with van der Waals surface area (Å²) in [4.78, 5) is 12.2. The van der Waals surface area contributed by atoms with E-state index in [-0.39, 0.29) is 17.5 Å². The summed E-state index contributed by atoms with van der Waals surface area (Å²) in [6.07, 6.45) is 6.05. The van der Waals surface area contributed by atoms with Crippen molar-refractivity contribution in [3.8, 4) is 6.07 Å². The van der Waals surface area contributed by atoms with Crippen LogP contribution in [-0.4, -0.2) is 11.9 Å². The molecule has 0 heterocycles. The van der Waals surface area contributed by atoms with Crippen molar-refractivity contribution in [1.29, 1.82) is 5.26 Å². The first-order valence-electron chi connectivity index (χ1n) is 7.28. The topological polar surface area (TPSA) is 52.9 Å². The van der Waals surface area contributed by atoms with Crippen molar-refractivity contribution in [3.63, 3.8) is 0 Å². The number of amides is 1. The van der Waals surface area contributed by atoms with Crippen molar-refractivity contribution in [2.75, 3.05) is 0 Å². The molecular formula is C17H19ClN2O. The van der Waals surface area contributed by atoms with Crippen molar-refractivity contribution in [1.82, 2.24) is 5.32 Å². The number of hydrogen-bond acceptors (Lipinski definition) is 2. The van der Waals surface area contributed by atoms with E-state index in [0.717, 1.165) is 24.8 Å². The van der Waals surface area contributed by atoms with Crippen LogP contribution in [0.1, 0.15) is 38.2 Å².